The number of carbonyl (C=O) groups excluding carboxylic acids is 1. The lowest BCUT2D eigenvalue weighted by molar-refractivity contribution is -0.141. The van der Waals surface area contributed by atoms with Gasteiger partial charge in [-0.1, -0.05) is 6.92 Å². The maximum Gasteiger partial charge on any atom is 0.326 e. The Bertz CT molecular complexity index is 340. The fraction of sp³-hybridized carbons (Fsp3) is 0.846. The molecule has 0 aromatic rings. The molecule has 6 nitrogen and oxygen atoms in total. The highest BCUT2D eigenvalue weighted by molar-refractivity contribution is 5.82. The fourth-order valence-corrected chi connectivity index (χ4v) is 2.49. The van der Waals surface area contributed by atoms with Gasteiger partial charge in [-0.3, -0.25) is 0 Å². The molecule has 0 radical (unpaired) electrons. The molecular formula is C13H25N3O3. The van der Waals surface area contributed by atoms with Crippen LogP contribution < -0.4 is 5.32 Å². The molecule has 1 atom stereocenters. The molecule has 1 aliphatic carbocycles. The van der Waals surface area contributed by atoms with Crippen molar-refractivity contribution in [2.24, 2.45) is 0 Å². The Balaban J connectivity index is 2.53. The van der Waals surface area contributed by atoms with E-state index in [0.29, 0.717) is 13.0 Å². The van der Waals surface area contributed by atoms with Crippen molar-refractivity contribution in [3.8, 4) is 0 Å². The standard InChI is InChI=1S/C13H25N3O3/c1-5-10(11(17)18)16(4)12(19)14-9-13(15(2)3)7-6-8-13/h10H,5-9H2,1-4H3,(H,14,19)(H,17,18). The van der Waals surface area contributed by atoms with E-state index >= 15 is 0 Å². The minimum absolute atomic E-state index is 0.0431. The zero-order valence-corrected chi connectivity index (χ0v) is 12.3. The van der Waals surface area contributed by atoms with Crippen molar-refractivity contribution < 1.29 is 14.7 Å². The Hall–Kier alpha value is -1.30. The minimum atomic E-state index is -0.967. The summed E-state index contributed by atoms with van der Waals surface area (Å²) in [6.07, 6.45) is 3.72. The Labute approximate surface area is 114 Å². The minimum Gasteiger partial charge on any atom is -0.480 e. The number of carbonyl (C=O) groups is 2. The van der Waals surface area contributed by atoms with Crippen LogP contribution in [0.4, 0.5) is 4.79 Å². The average Bonchev–Trinajstić information content (AvgIpc) is 2.26. The number of nitrogens with zero attached hydrogens (tertiary/aromatic N) is 2. The van der Waals surface area contributed by atoms with Gasteiger partial charge >= 0.3 is 12.0 Å². The second kappa shape index (κ2) is 6.23. The van der Waals surface area contributed by atoms with Crippen LogP contribution in [0.15, 0.2) is 0 Å². The van der Waals surface area contributed by atoms with E-state index in [-0.39, 0.29) is 11.6 Å². The van der Waals surface area contributed by atoms with Gasteiger partial charge in [-0.05, 0) is 39.8 Å². The van der Waals surface area contributed by atoms with E-state index in [1.807, 2.05) is 14.1 Å². The molecule has 1 aliphatic rings. The summed E-state index contributed by atoms with van der Waals surface area (Å²) in [6, 6.07) is -1.08. The number of carboxylic acids is 1. The van der Waals surface area contributed by atoms with Crippen molar-refractivity contribution in [1.29, 1.82) is 0 Å². The Morgan fingerprint density at radius 1 is 1.32 bits per heavy atom. The number of hydrogen-bond acceptors (Lipinski definition) is 3. The van der Waals surface area contributed by atoms with E-state index in [9.17, 15) is 9.59 Å². The predicted octanol–water partition coefficient (Wildman–Crippen LogP) is 0.975. The molecule has 1 unspecified atom stereocenters. The van der Waals surface area contributed by atoms with Crippen molar-refractivity contribution in [2.45, 2.75) is 44.2 Å². The molecule has 1 saturated carbocycles. The van der Waals surface area contributed by atoms with Crippen LogP contribution in [0.1, 0.15) is 32.6 Å². The van der Waals surface area contributed by atoms with E-state index in [1.54, 1.807) is 6.92 Å². The lowest BCUT2D eigenvalue weighted by Gasteiger charge is -2.47. The summed E-state index contributed by atoms with van der Waals surface area (Å²) in [5.41, 5.74) is 0.0431. The monoisotopic (exact) mass is 271 g/mol. The van der Waals surface area contributed by atoms with Crippen LogP contribution in [0.3, 0.4) is 0 Å². The lowest BCUT2D eigenvalue weighted by Crippen LogP contribution is -2.59. The van der Waals surface area contributed by atoms with Crippen LogP contribution in [0.25, 0.3) is 0 Å². The highest BCUT2D eigenvalue weighted by Gasteiger charge is 2.39. The highest BCUT2D eigenvalue weighted by Crippen LogP contribution is 2.35. The molecule has 0 bridgehead atoms. The first kappa shape index (κ1) is 15.8. The maximum atomic E-state index is 12.0. The summed E-state index contributed by atoms with van der Waals surface area (Å²) in [4.78, 5) is 26.4. The van der Waals surface area contributed by atoms with E-state index in [1.165, 1.54) is 18.4 Å². The zero-order valence-electron chi connectivity index (χ0n) is 12.3. The van der Waals surface area contributed by atoms with Crippen LogP contribution in [-0.4, -0.2) is 66.2 Å². The first-order valence-corrected chi connectivity index (χ1v) is 6.75. The third kappa shape index (κ3) is 3.37. The second-order valence-electron chi connectivity index (χ2n) is 5.50. The molecule has 6 heteroatoms. The largest absolute Gasteiger partial charge is 0.480 e. The molecule has 2 N–H and O–H groups in total. The highest BCUT2D eigenvalue weighted by atomic mass is 16.4. The average molecular weight is 271 g/mol. The van der Waals surface area contributed by atoms with Crippen LogP contribution in [-0.2, 0) is 4.79 Å². The predicted molar refractivity (Wildman–Crippen MR) is 73.1 cm³/mol. The van der Waals surface area contributed by atoms with Gasteiger partial charge in [0.05, 0.1) is 0 Å². The van der Waals surface area contributed by atoms with Crippen molar-refractivity contribution in [2.75, 3.05) is 27.7 Å². The number of rotatable bonds is 6. The van der Waals surface area contributed by atoms with Crippen molar-refractivity contribution in [3.05, 3.63) is 0 Å². The first-order valence-electron chi connectivity index (χ1n) is 6.75. The smallest absolute Gasteiger partial charge is 0.326 e. The zero-order chi connectivity index (χ0) is 14.6. The molecule has 2 amide bonds. The van der Waals surface area contributed by atoms with E-state index in [2.05, 4.69) is 10.2 Å². The fourth-order valence-electron chi connectivity index (χ4n) is 2.49. The van der Waals surface area contributed by atoms with Gasteiger partial charge < -0.3 is 20.2 Å². The molecule has 19 heavy (non-hydrogen) atoms. The Morgan fingerprint density at radius 3 is 2.21 bits per heavy atom. The normalized spacial score (nSPS) is 18.6. The molecule has 1 rings (SSSR count). The van der Waals surface area contributed by atoms with E-state index in [0.717, 1.165) is 12.8 Å². The van der Waals surface area contributed by atoms with Gasteiger partial charge in [0.2, 0.25) is 0 Å². The number of urea groups is 1. The Morgan fingerprint density at radius 2 is 1.89 bits per heavy atom. The van der Waals surface area contributed by atoms with Crippen LogP contribution >= 0.6 is 0 Å². The van der Waals surface area contributed by atoms with Crippen LogP contribution in [0, 0.1) is 0 Å². The third-order valence-corrected chi connectivity index (χ3v) is 4.26. The van der Waals surface area contributed by atoms with Gasteiger partial charge in [0.15, 0.2) is 0 Å². The van der Waals surface area contributed by atoms with Gasteiger partial charge in [0, 0.05) is 19.1 Å². The molecule has 0 heterocycles. The lowest BCUT2D eigenvalue weighted by atomic mass is 9.75. The molecule has 0 aromatic heterocycles. The molecule has 0 aliphatic heterocycles. The van der Waals surface area contributed by atoms with Crippen molar-refractivity contribution in [1.82, 2.24) is 15.1 Å². The third-order valence-electron chi connectivity index (χ3n) is 4.26. The number of nitrogens with one attached hydrogen (secondary N) is 1. The number of aliphatic carboxylic acids is 1. The number of amides is 2. The summed E-state index contributed by atoms with van der Waals surface area (Å²) in [5.74, 6) is -0.967. The summed E-state index contributed by atoms with van der Waals surface area (Å²) < 4.78 is 0. The first-order chi connectivity index (χ1) is 8.84. The maximum absolute atomic E-state index is 12.0. The number of hydrogen-bond donors (Lipinski definition) is 2. The van der Waals surface area contributed by atoms with E-state index < -0.39 is 12.0 Å². The summed E-state index contributed by atoms with van der Waals surface area (Å²) >= 11 is 0. The Kier molecular flexibility index (Phi) is 5.17. The van der Waals surface area contributed by atoms with Gasteiger partial charge in [0.1, 0.15) is 6.04 Å². The molecule has 110 valence electrons. The summed E-state index contributed by atoms with van der Waals surface area (Å²) in [7, 11) is 5.56. The number of carboxylic acid groups (broad SMARTS) is 1. The second-order valence-corrected chi connectivity index (χ2v) is 5.50. The SMILES string of the molecule is CCC(C(=O)O)N(C)C(=O)NCC1(N(C)C)CCC1. The topological polar surface area (TPSA) is 72.9 Å². The molecule has 0 spiro atoms. The molecule has 0 saturated heterocycles. The number of likely N-dealkylation sites (N-methyl/N-ethyl adjacent to an activating group) is 2. The van der Waals surface area contributed by atoms with Crippen molar-refractivity contribution in [3.63, 3.8) is 0 Å². The van der Waals surface area contributed by atoms with Crippen LogP contribution in [0.2, 0.25) is 0 Å². The van der Waals surface area contributed by atoms with Gasteiger partial charge in [-0.15, -0.1) is 0 Å². The molecular weight excluding hydrogens is 246 g/mol. The quantitative estimate of drug-likeness (QED) is 0.755. The molecule has 1 fully saturated rings. The summed E-state index contributed by atoms with van der Waals surface area (Å²) in [5, 5.41) is 11.9. The molecule has 0 aromatic carbocycles. The van der Waals surface area contributed by atoms with Crippen LogP contribution in [0.5, 0.6) is 0 Å². The van der Waals surface area contributed by atoms with Crippen molar-refractivity contribution >= 4 is 12.0 Å². The van der Waals surface area contributed by atoms with Gasteiger partial charge in [-0.2, -0.15) is 0 Å². The van der Waals surface area contributed by atoms with Gasteiger partial charge in [0.25, 0.3) is 0 Å². The summed E-state index contributed by atoms with van der Waals surface area (Å²) in [6.45, 7) is 2.33. The van der Waals surface area contributed by atoms with E-state index in [4.69, 9.17) is 5.11 Å². The van der Waals surface area contributed by atoms with Gasteiger partial charge in [-0.25, -0.2) is 9.59 Å².